The molecular formula is C14H9ClN2O2. The van der Waals surface area contributed by atoms with Crippen LogP contribution >= 0.6 is 11.6 Å². The molecule has 0 bridgehead atoms. The molecule has 0 amide bonds. The molecule has 5 heteroatoms. The molecule has 0 unspecified atom stereocenters. The van der Waals surface area contributed by atoms with E-state index in [0.29, 0.717) is 15.9 Å². The third kappa shape index (κ3) is 1.96. The second-order valence-corrected chi connectivity index (χ2v) is 4.52. The highest BCUT2D eigenvalue weighted by Gasteiger charge is 2.13. The number of carboxylic acid groups (broad SMARTS) is 1. The molecule has 0 atom stereocenters. The van der Waals surface area contributed by atoms with Crippen LogP contribution in [-0.4, -0.2) is 21.3 Å². The molecule has 0 radical (unpaired) electrons. The monoisotopic (exact) mass is 272 g/mol. The van der Waals surface area contributed by atoms with Gasteiger partial charge in [0.25, 0.3) is 0 Å². The average Bonchev–Trinajstić information content (AvgIpc) is 2.82. The number of H-pyrrole nitrogens is 1. The van der Waals surface area contributed by atoms with Gasteiger partial charge in [-0.2, -0.15) is 5.10 Å². The molecule has 2 aromatic carbocycles. The first kappa shape index (κ1) is 11.7. The van der Waals surface area contributed by atoms with E-state index >= 15 is 0 Å². The first-order valence-electron chi connectivity index (χ1n) is 5.63. The quantitative estimate of drug-likeness (QED) is 0.749. The zero-order valence-corrected chi connectivity index (χ0v) is 10.5. The van der Waals surface area contributed by atoms with E-state index in [0.717, 1.165) is 11.1 Å². The summed E-state index contributed by atoms with van der Waals surface area (Å²) in [5.41, 5.74) is 2.52. The smallest absolute Gasteiger partial charge is 0.357 e. The van der Waals surface area contributed by atoms with Gasteiger partial charge in [-0.3, -0.25) is 5.10 Å². The highest BCUT2D eigenvalue weighted by molar-refractivity contribution is 6.33. The Morgan fingerprint density at radius 2 is 2.00 bits per heavy atom. The second-order valence-electron chi connectivity index (χ2n) is 4.12. The number of fused-ring (bicyclic) bond motifs is 1. The maximum Gasteiger partial charge on any atom is 0.357 e. The number of nitrogens with zero attached hydrogens (tertiary/aromatic N) is 1. The number of aromatic carboxylic acids is 1. The normalized spacial score (nSPS) is 10.8. The molecule has 0 saturated carbocycles. The molecule has 3 rings (SSSR count). The van der Waals surface area contributed by atoms with Gasteiger partial charge in [0.1, 0.15) is 0 Å². The average molecular weight is 273 g/mol. The second kappa shape index (κ2) is 4.40. The van der Waals surface area contributed by atoms with Crippen LogP contribution in [-0.2, 0) is 0 Å². The number of nitrogens with one attached hydrogen (secondary N) is 1. The summed E-state index contributed by atoms with van der Waals surface area (Å²) in [5, 5.41) is 16.8. The van der Waals surface area contributed by atoms with E-state index < -0.39 is 5.97 Å². The Morgan fingerprint density at radius 1 is 1.21 bits per heavy atom. The zero-order valence-electron chi connectivity index (χ0n) is 9.72. The van der Waals surface area contributed by atoms with Crippen LogP contribution in [0.3, 0.4) is 0 Å². The van der Waals surface area contributed by atoms with Gasteiger partial charge in [0.2, 0.25) is 0 Å². The van der Waals surface area contributed by atoms with Crippen molar-refractivity contribution in [2.75, 3.05) is 0 Å². The minimum Gasteiger partial charge on any atom is -0.476 e. The molecule has 0 saturated heterocycles. The molecule has 0 spiro atoms. The summed E-state index contributed by atoms with van der Waals surface area (Å²) in [6.45, 7) is 0. The third-order valence-electron chi connectivity index (χ3n) is 2.95. The van der Waals surface area contributed by atoms with Gasteiger partial charge in [0.15, 0.2) is 5.69 Å². The van der Waals surface area contributed by atoms with Crippen LogP contribution in [0.25, 0.3) is 22.0 Å². The molecule has 3 aromatic rings. The molecule has 1 heterocycles. The lowest BCUT2D eigenvalue weighted by atomic mass is 10.0. The first-order valence-corrected chi connectivity index (χ1v) is 6.01. The lowest BCUT2D eigenvalue weighted by molar-refractivity contribution is 0.0692. The van der Waals surface area contributed by atoms with Gasteiger partial charge in [-0.15, -0.1) is 0 Å². The van der Waals surface area contributed by atoms with Crippen molar-refractivity contribution in [2.24, 2.45) is 0 Å². The molecular weight excluding hydrogens is 264 g/mol. The minimum absolute atomic E-state index is 0.0284. The van der Waals surface area contributed by atoms with Crippen molar-refractivity contribution < 1.29 is 9.90 Å². The van der Waals surface area contributed by atoms with Crippen LogP contribution in [0.15, 0.2) is 42.5 Å². The summed E-state index contributed by atoms with van der Waals surface area (Å²) in [7, 11) is 0. The molecule has 2 N–H and O–H groups in total. The fourth-order valence-electron chi connectivity index (χ4n) is 2.05. The molecule has 0 aliphatic rings. The Morgan fingerprint density at radius 3 is 2.74 bits per heavy atom. The maximum absolute atomic E-state index is 11.0. The fourth-order valence-corrected chi connectivity index (χ4v) is 2.29. The number of hydrogen-bond acceptors (Lipinski definition) is 2. The lowest BCUT2D eigenvalue weighted by Gasteiger charge is -2.04. The number of aromatic nitrogens is 2. The summed E-state index contributed by atoms with van der Waals surface area (Å²) in [5.74, 6) is -1.04. The van der Waals surface area contributed by atoms with E-state index in [-0.39, 0.29) is 5.69 Å². The van der Waals surface area contributed by atoms with Crippen LogP contribution in [0.4, 0.5) is 0 Å². The van der Waals surface area contributed by atoms with Gasteiger partial charge >= 0.3 is 5.97 Å². The number of carboxylic acids is 1. The largest absolute Gasteiger partial charge is 0.476 e. The van der Waals surface area contributed by atoms with Crippen LogP contribution in [0, 0.1) is 0 Å². The van der Waals surface area contributed by atoms with Crippen LogP contribution in [0.5, 0.6) is 0 Å². The fraction of sp³-hybridized carbons (Fsp3) is 0. The molecule has 4 nitrogen and oxygen atoms in total. The summed E-state index contributed by atoms with van der Waals surface area (Å²) in [4.78, 5) is 11.0. The van der Waals surface area contributed by atoms with E-state index in [4.69, 9.17) is 16.7 Å². The summed E-state index contributed by atoms with van der Waals surface area (Å²) in [6.07, 6.45) is 0. The maximum atomic E-state index is 11.0. The predicted octanol–water partition coefficient (Wildman–Crippen LogP) is 3.58. The SMILES string of the molecule is O=C(O)c1n[nH]c2cc(-c3ccccc3Cl)ccc12. The standard InChI is InChI=1S/C14H9ClN2O2/c15-11-4-2-1-3-9(11)8-5-6-10-12(7-8)16-17-13(10)14(18)19/h1-7H,(H,16,17)(H,18,19). The Labute approximate surface area is 113 Å². The zero-order chi connectivity index (χ0) is 13.4. The van der Waals surface area contributed by atoms with E-state index in [2.05, 4.69) is 10.2 Å². The Kier molecular flexibility index (Phi) is 2.72. The predicted molar refractivity (Wildman–Crippen MR) is 73.5 cm³/mol. The van der Waals surface area contributed by atoms with Crippen molar-refractivity contribution in [1.82, 2.24) is 10.2 Å². The van der Waals surface area contributed by atoms with Crippen molar-refractivity contribution in [3.8, 4) is 11.1 Å². The van der Waals surface area contributed by atoms with Crippen molar-refractivity contribution >= 4 is 28.5 Å². The van der Waals surface area contributed by atoms with Gasteiger partial charge < -0.3 is 5.11 Å². The number of benzene rings is 2. The van der Waals surface area contributed by atoms with Crippen LogP contribution < -0.4 is 0 Å². The van der Waals surface area contributed by atoms with Gasteiger partial charge in [-0.1, -0.05) is 35.9 Å². The van der Waals surface area contributed by atoms with Gasteiger partial charge in [-0.25, -0.2) is 4.79 Å². The number of halogens is 1. The Balaban J connectivity index is 2.18. The van der Waals surface area contributed by atoms with Crippen molar-refractivity contribution in [3.63, 3.8) is 0 Å². The molecule has 0 fully saturated rings. The third-order valence-corrected chi connectivity index (χ3v) is 3.28. The van der Waals surface area contributed by atoms with Crippen molar-refractivity contribution in [2.45, 2.75) is 0 Å². The van der Waals surface area contributed by atoms with Gasteiger partial charge in [-0.05, 0) is 23.8 Å². The van der Waals surface area contributed by atoms with E-state index in [1.54, 1.807) is 6.07 Å². The lowest BCUT2D eigenvalue weighted by Crippen LogP contribution is -1.96. The highest BCUT2D eigenvalue weighted by atomic mass is 35.5. The number of rotatable bonds is 2. The van der Waals surface area contributed by atoms with E-state index in [9.17, 15) is 4.79 Å². The van der Waals surface area contributed by atoms with Crippen molar-refractivity contribution in [1.29, 1.82) is 0 Å². The molecule has 0 aliphatic heterocycles. The molecule has 1 aromatic heterocycles. The number of hydrogen-bond donors (Lipinski definition) is 2. The summed E-state index contributed by atoms with van der Waals surface area (Å²) >= 11 is 6.15. The van der Waals surface area contributed by atoms with Crippen LogP contribution in [0.2, 0.25) is 5.02 Å². The molecule has 19 heavy (non-hydrogen) atoms. The van der Waals surface area contributed by atoms with Gasteiger partial charge in [0, 0.05) is 16.0 Å². The summed E-state index contributed by atoms with van der Waals surface area (Å²) in [6, 6.07) is 12.9. The van der Waals surface area contributed by atoms with Crippen molar-refractivity contribution in [3.05, 3.63) is 53.2 Å². The molecule has 0 aliphatic carbocycles. The molecule has 94 valence electrons. The topological polar surface area (TPSA) is 66.0 Å². The highest BCUT2D eigenvalue weighted by Crippen LogP contribution is 2.30. The summed E-state index contributed by atoms with van der Waals surface area (Å²) < 4.78 is 0. The van der Waals surface area contributed by atoms with E-state index in [1.165, 1.54) is 0 Å². The van der Waals surface area contributed by atoms with E-state index in [1.807, 2.05) is 36.4 Å². The number of carbonyl (C=O) groups is 1. The van der Waals surface area contributed by atoms with Gasteiger partial charge in [0.05, 0.1) is 5.52 Å². The Hall–Kier alpha value is -2.33. The first-order chi connectivity index (χ1) is 9.16. The minimum atomic E-state index is -1.04. The Bertz CT molecular complexity index is 780. The van der Waals surface area contributed by atoms with Crippen LogP contribution in [0.1, 0.15) is 10.5 Å². The number of aromatic amines is 1.